The Labute approximate surface area is 118 Å². The highest BCUT2D eigenvalue weighted by Crippen LogP contribution is 2.25. The number of rotatable bonds is 5. The molecule has 0 aliphatic carbocycles. The Balaban J connectivity index is 1.87. The SMILES string of the molecule is Cc1cscc1-c1nnc(CCCNC(C)(C)C)o1. The van der Waals surface area contributed by atoms with Crippen molar-refractivity contribution in [1.29, 1.82) is 0 Å². The minimum Gasteiger partial charge on any atom is -0.421 e. The molecule has 0 unspecified atom stereocenters. The quantitative estimate of drug-likeness (QED) is 0.852. The molecule has 2 aromatic heterocycles. The van der Waals surface area contributed by atoms with Crippen LogP contribution in [0.3, 0.4) is 0 Å². The Hall–Kier alpha value is -1.20. The van der Waals surface area contributed by atoms with E-state index in [0.29, 0.717) is 5.89 Å². The van der Waals surface area contributed by atoms with Gasteiger partial charge in [0.1, 0.15) is 0 Å². The Bertz CT molecular complexity index is 525. The highest BCUT2D eigenvalue weighted by atomic mass is 32.1. The third-order valence-corrected chi connectivity index (χ3v) is 3.64. The van der Waals surface area contributed by atoms with Crippen LogP contribution in [0.15, 0.2) is 15.2 Å². The van der Waals surface area contributed by atoms with E-state index >= 15 is 0 Å². The van der Waals surface area contributed by atoms with Gasteiger partial charge in [0.15, 0.2) is 0 Å². The van der Waals surface area contributed by atoms with Crippen molar-refractivity contribution in [2.45, 2.75) is 46.1 Å². The number of aromatic nitrogens is 2. The average molecular weight is 279 g/mol. The smallest absolute Gasteiger partial charge is 0.248 e. The standard InChI is InChI=1S/C14H21N3OS/c1-10-8-19-9-11(10)13-17-16-12(18-13)6-5-7-15-14(2,3)4/h8-9,15H,5-7H2,1-4H3. The maximum Gasteiger partial charge on any atom is 0.248 e. The molecular weight excluding hydrogens is 258 g/mol. The van der Waals surface area contributed by atoms with Crippen LogP contribution in [0.5, 0.6) is 0 Å². The Morgan fingerprint density at radius 1 is 1.26 bits per heavy atom. The van der Waals surface area contributed by atoms with E-state index in [2.05, 4.69) is 48.6 Å². The molecule has 1 N–H and O–H groups in total. The molecule has 0 aliphatic rings. The third kappa shape index (κ3) is 4.14. The molecule has 0 saturated heterocycles. The topological polar surface area (TPSA) is 51.0 Å². The predicted molar refractivity (Wildman–Crippen MR) is 78.4 cm³/mol. The molecule has 0 atom stereocenters. The zero-order chi connectivity index (χ0) is 13.9. The molecule has 4 nitrogen and oxygen atoms in total. The molecule has 5 heteroatoms. The van der Waals surface area contributed by atoms with Gasteiger partial charge in [0, 0.05) is 17.3 Å². The summed E-state index contributed by atoms with van der Waals surface area (Å²) in [7, 11) is 0. The van der Waals surface area contributed by atoms with Crippen LogP contribution in [0.2, 0.25) is 0 Å². The molecule has 2 aromatic rings. The summed E-state index contributed by atoms with van der Waals surface area (Å²) in [6.45, 7) is 9.51. The lowest BCUT2D eigenvalue weighted by Gasteiger charge is -2.19. The van der Waals surface area contributed by atoms with E-state index in [9.17, 15) is 0 Å². The van der Waals surface area contributed by atoms with Gasteiger partial charge in [-0.2, -0.15) is 11.3 Å². The van der Waals surface area contributed by atoms with E-state index in [4.69, 9.17) is 4.42 Å². The second-order valence-electron chi connectivity index (χ2n) is 5.75. The highest BCUT2D eigenvalue weighted by molar-refractivity contribution is 7.08. The average Bonchev–Trinajstić information content (AvgIpc) is 2.91. The summed E-state index contributed by atoms with van der Waals surface area (Å²) in [6, 6.07) is 0. The van der Waals surface area contributed by atoms with Crippen molar-refractivity contribution in [1.82, 2.24) is 15.5 Å². The van der Waals surface area contributed by atoms with E-state index in [0.717, 1.165) is 30.8 Å². The maximum atomic E-state index is 5.70. The van der Waals surface area contributed by atoms with E-state index in [1.165, 1.54) is 5.56 Å². The van der Waals surface area contributed by atoms with E-state index < -0.39 is 0 Å². The van der Waals surface area contributed by atoms with Crippen molar-refractivity contribution in [3.63, 3.8) is 0 Å². The van der Waals surface area contributed by atoms with Gasteiger partial charge < -0.3 is 9.73 Å². The first kappa shape index (κ1) is 14.2. The molecule has 0 saturated carbocycles. The number of hydrogen-bond donors (Lipinski definition) is 1. The molecule has 104 valence electrons. The van der Waals surface area contributed by atoms with Crippen molar-refractivity contribution in [3.8, 4) is 11.5 Å². The number of nitrogens with one attached hydrogen (secondary N) is 1. The number of nitrogens with zero attached hydrogens (tertiary/aromatic N) is 2. The number of thiophene rings is 1. The van der Waals surface area contributed by atoms with E-state index in [1.807, 2.05) is 5.38 Å². The molecule has 0 amide bonds. The van der Waals surface area contributed by atoms with Gasteiger partial charge in [-0.3, -0.25) is 0 Å². The van der Waals surface area contributed by atoms with Gasteiger partial charge in [0.2, 0.25) is 11.8 Å². The van der Waals surface area contributed by atoms with Gasteiger partial charge in [-0.15, -0.1) is 10.2 Å². The summed E-state index contributed by atoms with van der Waals surface area (Å²) in [6.07, 6.45) is 1.82. The summed E-state index contributed by atoms with van der Waals surface area (Å²) < 4.78 is 5.70. The van der Waals surface area contributed by atoms with Gasteiger partial charge in [0.25, 0.3) is 0 Å². The molecule has 2 heterocycles. The molecule has 2 rings (SSSR count). The second kappa shape index (κ2) is 5.84. The summed E-state index contributed by atoms with van der Waals surface area (Å²) in [5, 5.41) is 15.8. The minimum absolute atomic E-state index is 0.161. The summed E-state index contributed by atoms with van der Waals surface area (Å²) in [5.41, 5.74) is 2.40. The highest BCUT2D eigenvalue weighted by Gasteiger charge is 2.12. The van der Waals surface area contributed by atoms with Crippen LogP contribution >= 0.6 is 11.3 Å². The lowest BCUT2D eigenvalue weighted by atomic mass is 10.1. The fourth-order valence-corrected chi connectivity index (χ4v) is 2.57. The van der Waals surface area contributed by atoms with Gasteiger partial charge in [-0.25, -0.2) is 0 Å². The van der Waals surface area contributed by atoms with E-state index in [-0.39, 0.29) is 5.54 Å². The van der Waals surface area contributed by atoms with Crippen LogP contribution < -0.4 is 5.32 Å². The lowest BCUT2D eigenvalue weighted by molar-refractivity contribution is 0.412. The first-order chi connectivity index (χ1) is 8.96. The number of aryl methyl sites for hydroxylation is 2. The summed E-state index contributed by atoms with van der Waals surface area (Å²) in [5.74, 6) is 1.36. The van der Waals surface area contributed by atoms with Crippen LogP contribution in [0.4, 0.5) is 0 Å². The van der Waals surface area contributed by atoms with Crippen LogP contribution in [-0.4, -0.2) is 22.3 Å². The predicted octanol–water partition coefficient (Wildman–Crippen LogP) is 3.43. The normalized spacial score (nSPS) is 12.0. The largest absolute Gasteiger partial charge is 0.421 e. The summed E-state index contributed by atoms with van der Waals surface area (Å²) in [4.78, 5) is 0. The second-order valence-corrected chi connectivity index (χ2v) is 6.49. The first-order valence-corrected chi connectivity index (χ1v) is 7.50. The van der Waals surface area contributed by atoms with Crippen molar-refractivity contribution >= 4 is 11.3 Å². The molecule has 0 aromatic carbocycles. The maximum absolute atomic E-state index is 5.70. The summed E-state index contributed by atoms with van der Waals surface area (Å²) >= 11 is 1.66. The van der Waals surface area contributed by atoms with Gasteiger partial charge >= 0.3 is 0 Å². The van der Waals surface area contributed by atoms with Crippen molar-refractivity contribution in [3.05, 3.63) is 22.2 Å². The van der Waals surface area contributed by atoms with Gasteiger partial charge in [-0.05, 0) is 51.6 Å². The zero-order valence-corrected chi connectivity index (χ0v) is 12.8. The fraction of sp³-hybridized carbons (Fsp3) is 0.571. The minimum atomic E-state index is 0.161. The number of hydrogen-bond acceptors (Lipinski definition) is 5. The van der Waals surface area contributed by atoms with Gasteiger partial charge in [0.05, 0.1) is 5.56 Å². The van der Waals surface area contributed by atoms with Crippen molar-refractivity contribution in [2.75, 3.05) is 6.54 Å². The monoisotopic (exact) mass is 279 g/mol. The molecular formula is C14H21N3OS. The molecule has 0 aliphatic heterocycles. The van der Waals surface area contributed by atoms with Crippen LogP contribution in [0.1, 0.15) is 38.6 Å². The van der Waals surface area contributed by atoms with Crippen LogP contribution in [0.25, 0.3) is 11.5 Å². The van der Waals surface area contributed by atoms with Crippen LogP contribution in [0, 0.1) is 6.92 Å². The lowest BCUT2D eigenvalue weighted by Crippen LogP contribution is -2.36. The van der Waals surface area contributed by atoms with Gasteiger partial charge in [-0.1, -0.05) is 0 Å². The third-order valence-electron chi connectivity index (χ3n) is 2.78. The molecule has 0 spiro atoms. The zero-order valence-electron chi connectivity index (χ0n) is 12.0. The molecule has 0 bridgehead atoms. The molecule has 0 radical (unpaired) electrons. The Kier molecular flexibility index (Phi) is 4.37. The Morgan fingerprint density at radius 2 is 2.05 bits per heavy atom. The van der Waals surface area contributed by atoms with Crippen LogP contribution in [-0.2, 0) is 6.42 Å². The Morgan fingerprint density at radius 3 is 2.68 bits per heavy atom. The van der Waals surface area contributed by atoms with Crippen molar-refractivity contribution < 1.29 is 4.42 Å². The van der Waals surface area contributed by atoms with Crippen molar-refractivity contribution in [2.24, 2.45) is 0 Å². The van der Waals surface area contributed by atoms with E-state index in [1.54, 1.807) is 11.3 Å². The fourth-order valence-electron chi connectivity index (χ4n) is 1.75. The molecule has 0 fully saturated rings. The molecule has 19 heavy (non-hydrogen) atoms. The first-order valence-electron chi connectivity index (χ1n) is 6.56.